The molecule has 0 spiro atoms. The standard InChI is InChI=1S/C12H14BrN3O2/c1-7(2)9(12(17)18)6-11-15-14-10-5-8(13)3-4-16(10)11/h3-5,7,9H,6H2,1-2H3,(H,17,18). The predicted molar refractivity (Wildman–Crippen MR) is 70.4 cm³/mol. The van der Waals surface area contributed by atoms with Crippen molar-refractivity contribution in [3.63, 3.8) is 0 Å². The summed E-state index contributed by atoms with van der Waals surface area (Å²) in [7, 11) is 0. The SMILES string of the molecule is CC(C)C(Cc1nnc2cc(Br)ccn12)C(=O)O. The lowest BCUT2D eigenvalue weighted by molar-refractivity contribution is -0.143. The molecule has 0 radical (unpaired) electrons. The van der Waals surface area contributed by atoms with Crippen LogP contribution in [0.25, 0.3) is 5.65 Å². The summed E-state index contributed by atoms with van der Waals surface area (Å²) in [6.45, 7) is 3.80. The topological polar surface area (TPSA) is 67.5 Å². The van der Waals surface area contributed by atoms with Crippen molar-refractivity contribution < 1.29 is 9.90 Å². The van der Waals surface area contributed by atoms with Gasteiger partial charge in [0.2, 0.25) is 0 Å². The Morgan fingerprint density at radius 3 is 2.83 bits per heavy atom. The Hall–Kier alpha value is -1.43. The summed E-state index contributed by atoms with van der Waals surface area (Å²) in [5, 5.41) is 17.3. The van der Waals surface area contributed by atoms with E-state index in [0.717, 1.165) is 4.47 Å². The van der Waals surface area contributed by atoms with Gasteiger partial charge in [0.25, 0.3) is 0 Å². The second-order valence-corrected chi connectivity index (χ2v) is 5.50. The Morgan fingerprint density at radius 1 is 1.50 bits per heavy atom. The molecule has 1 atom stereocenters. The van der Waals surface area contributed by atoms with E-state index in [2.05, 4.69) is 26.1 Å². The van der Waals surface area contributed by atoms with Crippen molar-refractivity contribution in [2.75, 3.05) is 0 Å². The molecule has 1 unspecified atom stereocenters. The third kappa shape index (κ3) is 2.53. The highest BCUT2D eigenvalue weighted by molar-refractivity contribution is 9.10. The molecule has 0 aliphatic carbocycles. The highest BCUT2D eigenvalue weighted by Gasteiger charge is 2.24. The molecule has 96 valence electrons. The number of pyridine rings is 1. The van der Waals surface area contributed by atoms with E-state index in [1.54, 1.807) is 0 Å². The van der Waals surface area contributed by atoms with E-state index in [0.29, 0.717) is 17.9 Å². The monoisotopic (exact) mass is 311 g/mol. The number of fused-ring (bicyclic) bond motifs is 1. The van der Waals surface area contributed by atoms with Crippen LogP contribution in [-0.4, -0.2) is 25.7 Å². The zero-order valence-electron chi connectivity index (χ0n) is 10.2. The van der Waals surface area contributed by atoms with Crippen LogP contribution in [0.15, 0.2) is 22.8 Å². The summed E-state index contributed by atoms with van der Waals surface area (Å²) in [4.78, 5) is 11.2. The molecule has 0 fully saturated rings. The summed E-state index contributed by atoms with van der Waals surface area (Å²) in [5.41, 5.74) is 0.715. The smallest absolute Gasteiger partial charge is 0.307 e. The number of hydrogen-bond donors (Lipinski definition) is 1. The number of aliphatic carboxylic acids is 1. The van der Waals surface area contributed by atoms with Crippen LogP contribution in [0.3, 0.4) is 0 Å². The first-order valence-electron chi connectivity index (χ1n) is 5.71. The maximum atomic E-state index is 11.2. The van der Waals surface area contributed by atoms with Gasteiger partial charge in [-0.3, -0.25) is 9.20 Å². The molecule has 0 bridgehead atoms. The number of hydrogen-bond acceptors (Lipinski definition) is 3. The molecule has 2 rings (SSSR count). The van der Waals surface area contributed by atoms with E-state index >= 15 is 0 Å². The maximum absolute atomic E-state index is 11.2. The van der Waals surface area contributed by atoms with Crippen molar-refractivity contribution in [1.82, 2.24) is 14.6 Å². The predicted octanol–water partition coefficient (Wildman–Crippen LogP) is 2.39. The average molecular weight is 312 g/mol. The van der Waals surface area contributed by atoms with Crippen LogP contribution >= 0.6 is 15.9 Å². The van der Waals surface area contributed by atoms with Gasteiger partial charge in [0.05, 0.1) is 5.92 Å². The van der Waals surface area contributed by atoms with Gasteiger partial charge in [-0.15, -0.1) is 10.2 Å². The first kappa shape index (κ1) is 13.0. The van der Waals surface area contributed by atoms with E-state index in [-0.39, 0.29) is 5.92 Å². The zero-order chi connectivity index (χ0) is 13.3. The van der Waals surface area contributed by atoms with Gasteiger partial charge in [-0.05, 0) is 18.1 Å². The first-order valence-corrected chi connectivity index (χ1v) is 6.50. The average Bonchev–Trinajstić information content (AvgIpc) is 2.67. The molecule has 2 aromatic heterocycles. The van der Waals surface area contributed by atoms with Crippen LogP contribution < -0.4 is 0 Å². The quantitative estimate of drug-likeness (QED) is 0.941. The summed E-state index contributed by atoms with van der Waals surface area (Å²) >= 11 is 3.36. The Morgan fingerprint density at radius 2 is 2.22 bits per heavy atom. The van der Waals surface area contributed by atoms with Gasteiger partial charge in [-0.25, -0.2) is 0 Å². The van der Waals surface area contributed by atoms with E-state index in [1.165, 1.54) is 0 Å². The summed E-state index contributed by atoms with van der Waals surface area (Å²) in [5.74, 6) is -0.496. The third-order valence-electron chi connectivity index (χ3n) is 2.97. The number of aromatic nitrogens is 3. The van der Waals surface area contributed by atoms with Crippen molar-refractivity contribution in [3.05, 3.63) is 28.6 Å². The molecule has 6 heteroatoms. The molecule has 0 amide bonds. The Labute approximate surface area is 113 Å². The Balaban J connectivity index is 2.34. The molecule has 2 heterocycles. The lowest BCUT2D eigenvalue weighted by Crippen LogP contribution is -2.23. The maximum Gasteiger partial charge on any atom is 0.307 e. The number of carbonyl (C=O) groups is 1. The minimum Gasteiger partial charge on any atom is -0.481 e. The van der Waals surface area contributed by atoms with E-state index in [4.69, 9.17) is 0 Å². The van der Waals surface area contributed by atoms with Gasteiger partial charge in [-0.1, -0.05) is 29.8 Å². The van der Waals surface area contributed by atoms with Gasteiger partial charge in [0.15, 0.2) is 5.65 Å². The van der Waals surface area contributed by atoms with E-state index in [9.17, 15) is 9.90 Å². The first-order chi connectivity index (χ1) is 8.49. The van der Waals surface area contributed by atoms with Gasteiger partial charge < -0.3 is 5.11 Å². The molecule has 0 aromatic carbocycles. The normalized spacial score (nSPS) is 13.1. The van der Waals surface area contributed by atoms with Gasteiger partial charge in [0.1, 0.15) is 5.82 Å². The van der Waals surface area contributed by atoms with Crippen LogP contribution in [0, 0.1) is 11.8 Å². The molecular weight excluding hydrogens is 298 g/mol. The lowest BCUT2D eigenvalue weighted by Gasteiger charge is -2.14. The van der Waals surface area contributed by atoms with Gasteiger partial charge in [-0.2, -0.15) is 0 Å². The molecule has 0 saturated heterocycles. The van der Waals surface area contributed by atoms with Gasteiger partial charge >= 0.3 is 5.97 Å². The number of nitrogens with zero attached hydrogens (tertiary/aromatic N) is 3. The third-order valence-corrected chi connectivity index (χ3v) is 3.46. The summed E-state index contributed by atoms with van der Waals surface area (Å²) in [6.07, 6.45) is 2.23. The summed E-state index contributed by atoms with van der Waals surface area (Å²) < 4.78 is 2.75. The van der Waals surface area contributed by atoms with Crippen LogP contribution in [0.1, 0.15) is 19.7 Å². The van der Waals surface area contributed by atoms with Crippen molar-refractivity contribution in [3.8, 4) is 0 Å². The van der Waals surface area contributed by atoms with Crippen molar-refractivity contribution >= 4 is 27.5 Å². The molecule has 0 saturated carbocycles. The Bertz CT molecular complexity index is 580. The van der Waals surface area contributed by atoms with Gasteiger partial charge in [0, 0.05) is 17.1 Å². The van der Waals surface area contributed by atoms with Crippen LogP contribution in [0.2, 0.25) is 0 Å². The van der Waals surface area contributed by atoms with E-state index < -0.39 is 11.9 Å². The van der Waals surface area contributed by atoms with Crippen molar-refractivity contribution in [1.29, 1.82) is 0 Å². The van der Waals surface area contributed by atoms with Crippen LogP contribution in [-0.2, 0) is 11.2 Å². The van der Waals surface area contributed by atoms with Crippen molar-refractivity contribution in [2.24, 2.45) is 11.8 Å². The minimum atomic E-state index is -0.793. The van der Waals surface area contributed by atoms with Crippen LogP contribution in [0.5, 0.6) is 0 Å². The molecule has 0 aliphatic rings. The molecule has 1 N–H and O–H groups in total. The molecule has 5 nitrogen and oxygen atoms in total. The molecule has 0 aliphatic heterocycles. The second kappa shape index (κ2) is 5.06. The second-order valence-electron chi connectivity index (χ2n) is 4.58. The molecule has 2 aromatic rings. The molecular formula is C12H14BrN3O2. The van der Waals surface area contributed by atoms with Crippen molar-refractivity contribution in [2.45, 2.75) is 20.3 Å². The lowest BCUT2D eigenvalue weighted by atomic mass is 9.92. The minimum absolute atomic E-state index is 0.0605. The number of halogens is 1. The number of rotatable bonds is 4. The zero-order valence-corrected chi connectivity index (χ0v) is 11.8. The fourth-order valence-corrected chi connectivity index (χ4v) is 2.18. The highest BCUT2D eigenvalue weighted by atomic mass is 79.9. The largest absolute Gasteiger partial charge is 0.481 e. The Kier molecular flexibility index (Phi) is 3.65. The highest BCUT2D eigenvalue weighted by Crippen LogP contribution is 2.18. The summed E-state index contributed by atoms with van der Waals surface area (Å²) in [6, 6.07) is 3.73. The van der Waals surface area contributed by atoms with Crippen LogP contribution in [0.4, 0.5) is 0 Å². The fraction of sp³-hybridized carbons (Fsp3) is 0.417. The number of carboxylic acid groups (broad SMARTS) is 1. The molecule has 18 heavy (non-hydrogen) atoms. The number of carboxylic acids is 1. The fourth-order valence-electron chi connectivity index (χ4n) is 1.86. The van der Waals surface area contributed by atoms with E-state index in [1.807, 2.05) is 36.6 Å².